The number of hydrogen-bond donors (Lipinski definition) is 0. The first-order chi connectivity index (χ1) is 14.5. The van der Waals surface area contributed by atoms with Crippen molar-refractivity contribution in [1.82, 2.24) is 0 Å². The summed E-state index contributed by atoms with van der Waals surface area (Å²) >= 11 is 0. The largest absolute Gasteiger partial charge is 1.00 e. The van der Waals surface area contributed by atoms with Crippen LogP contribution in [-0.2, 0) is 23.0 Å². The first kappa shape index (κ1) is 28.6. The van der Waals surface area contributed by atoms with E-state index in [-0.39, 0.29) is 34.5 Å². The van der Waals surface area contributed by atoms with Crippen molar-refractivity contribution in [2.24, 2.45) is 0 Å². The first-order valence-corrected chi connectivity index (χ1v) is 13.4. The van der Waals surface area contributed by atoms with Gasteiger partial charge in [-0.2, -0.15) is 0 Å². The SMILES string of the molecule is CCCCCCCCc1ccc2cc(S(=O)(=O)[O-])cc(CCCCCCCC)c2c1.[Na+]. The van der Waals surface area contributed by atoms with E-state index < -0.39 is 10.1 Å². The number of unbranched alkanes of at least 4 members (excludes halogenated alkanes) is 10. The van der Waals surface area contributed by atoms with Gasteiger partial charge in [0, 0.05) is 0 Å². The quantitative estimate of drug-likeness (QED) is 0.225. The van der Waals surface area contributed by atoms with Gasteiger partial charge in [-0.05, 0) is 59.7 Å². The summed E-state index contributed by atoms with van der Waals surface area (Å²) in [5.41, 5.74) is 2.31. The molecule has 168 valence electrons. The molecule has 0 aliphatic carbocycles. The molecular weight excluding hydrogens is 415 g/mol. The minimum atomic E-state index is -4.44. The minimum absolute atomic E-state index is 0. The van der Waals surface area contributed by atoms with Gasteiger partial charge in [0.25, 0.3) is 0 Å². The molecule has 0 atom stereocenters. The van der Waals surface area contributed by atoms with Crippen LogP contribution in [0, 0.1) is 0 Å². The summed E-state index contributed by atoms with van der Waals surface area (Å²) in [6, 6.07) is 9.45. The Kier molecular flexibility index (Phi) is 14.3. The fourth-order valence-corrected chi connectivity index (χ4v) is 4.72. The van der Waals surface area contributed by atoms with Crippen LogP contribution in [0.25, 0.3) is 10.8 Å². The Bertz CT molecular complexity index is 878. The minimum Gasteiger partial charge on any atom is -0.744 e. The second kappa shape index (κ2) is 15.4. The Balaban J connectivity index is 0.00000480. The van der Waals surface area contributed by atoms with Gasteiger partial charge in [0.05, 0.1) is 4.90 Å². The molecule has 0 amide bonds. The molecule has 0 aliphatic rings. The van der Waals surface area contributed by atoms with Gasteiger partial charge in [-0.25, -0.2) is 8.42 Å². The van der Waals surface area contributed by atoms with E-state index in [1.54, 1.807) is 6.07 Å². The van der Waals surface area contributed by atoms with Crippen LogP contribution in [0.3, 0.4) is 0 Å². The summed E-state index contributed by atoms with van der Waals surface area (Å²) in [5.74, 6) is 0. The third-order valence-electron chi connectivity index (χ3n) is 5.99. The van der Waals surface area contributed by atoms with E-state index in [0.29, 0.717) is 0 Å². The maximum atomic E-state index is 11.6. The third kappa shape index (κ3) is 10.4. The van der Waals surface area contributed by atoms with E-state index >= 15 is 0 Å². The van der Waals surface area contributed by atoms with Crippen LogP contribution in [0.1, 0.15) is 102 Å². The van der Waals surface area contributed by atoms with Crippen molar-refractivity contribution in [3.05, 3.63) is 41.5 Å². The van der Waals surface area contributed by atoms with Gasteiger partial charge in [-0.1, -0.05) is 96.3 Å². The molecule has 0 spiro atoms. The predicted octanol–water partition coefficient (Wildman–Crippen LogP) is 4.55. The number of aryl methyl sites for hydroxylation is 2. The molecule has 31 heavy (non-hydrogen) atoms. The second-order valence-electron chi connectivity index (χ2n) is 8.63. The molecule has 0 unspecified atom stereocenters. The Morgan fingerprint density at radius 3 is 1.84 bits per heavy atom. The van der Waals surface area contributed by atoms with Crippen molar-refractivity contribution in [3.63, 3.8) is 0 Å². The molecule has 0 bridgehead atoms. The molecule has 0 saturated carbocycles. The van der Waals surface area contributed by atoms with Crippen LogP contribution in [0.2, 0.25) is 0 Å². The van der Waals surface area contributed by atoms with Crippen molar-refractivity contribution >= 4 is 20.9 Å². The van der Waals surface area contributed by atoms with E-state index in [4.69, 9.17) is 0 Å². The molecule has 0 radical (unpaired) electrons. The van der Waals surface area contributed by atoms with Gasteiger partial charge in [0.1, 0.15) is 10.1 Å². The summed E-state index contributed by atoms with van der Waals surface area (Å²) in [5, 5.41) is 1.97. The Labute approximate surface area is 212 Å². The molecular formula is C26H39NaO3S. The monoisotopic (exact) mass is 454 g/mol. The molecule has 5 heteroatoms. The zero-order valence-corrected chi connectivity index (χ0v) is 22.7. The summed E-state index contributed by atoms with van der Waals surface area (Å²) in [7, 11) is -4.44. The zero-order chi connectivity index (χ0) is 21.8. The van der Waals surface area contributed by atoms with Gasteiger partial charge in [-0.15, -0.1) is 0 Å². The topological polar surface area (TPSA) is 57.2 Å². The van der Waals surface area contributed by atoms with Gasteiger partial charge < -0.3 is 4.55 Å². The fourth-order valence-electron chi connectivity index (χ4n) is 4.16. The number of rotatable bonds is 15. The van der Waals surface area contributed by atoms with Crippen molar-refractivity contribution in [2.75, 3.05) is 0 Å². The van der Waals surface area contributed by atoms with E-state index in [0.717, 1.165) is 42.0 Å². The van der Waals surface area contributed by atoms with Crippen molar-refractivity contribution in [2.45, 2.75) is 109 Å². The van der Waals surface area contributed by atoms with E-state index in [2.05, 4.69) is 26.0 Å². The van der Waals surface area contributed by atoms with E-state index in [1.165, 1.54) is 75.8 Å². The number of hydrogen-bond acceptors (Lipinski definition) is 3. The summed E-state index contributed by atoms with van der Waals surface area (Å²) in [4.78, 5) is -0.0975. The van der Waals surface area contributed by atoms with Gasteiger partial charge in [-0.3, -0.25) is 0 Å². The molecule has 0 N–H and O–H groups in total. The summed E-state index contributed by atoms with van der Waals surface area (Å²) < 4.78 is 34.9. The Hall–Kier alpha value is -0.390. The number of benzene rings is 2. The van der Waals surface area contributed by atoms with Crippen LogP contribution in [-0.4, -0.2) is 13.0 Å². The Morgan fingerprint density at radius 2 is 1.26 bits per heavy atom. The van der Waals surface area contributed by atoms with Crippen LogP contribution >= 0.6 is 0 Å². The van der Waals surface area contributed by atoms with Crippen molar-refractivity contribution in [1.29, 1.82) is 0 Å². The first-order valence-electron chi connectivity index (χ1n) is 12.0. The van der Waals surface area contributed by atoms with Crippen molar-refractivity contribution in [3.8, 4) is 0 Å². The molecule has 3 nitrogen and oxygen atoms in total. The van der Waals surface area contributed by atoms with Crippen LogP contribution in [0.15, 0.2) is 35.2 Å². The normalized spacial score (nSPS) is 11.6. The average molecular weight is 455 g/mol. The molecule has 0 aliphatic heterocycles. The number of fused-ring (bicyclic) bond motifs is 1. The molecule has 0 saturated heterocycles. The summed E-state index contributed by atoms with van der Waals surface area (Å²) in [6.07, 6.45) is 16.7. The predicted molar refractivity (Wildman–Crippen MR) is 126 cm³/mol. The zero-order valence-electron chi connectivity index (χ0n) is 19.9. The maximum absolute atomic E-state index is 11.6. The van der Waals surface area contributed by atoms with Crippen LogP contribution < -0.4 is 29.6 Å². The molecule has 2 aromatic carbocycles. The molecule has 0 fully saturated rings. The molecule has 0 aromatic heterocycles. The standard InChI is InChI=1S/C26H40O3S.Na/c1-3-5-7-9-11-13-15-22-17-18-24-21-25(30(27,28)29)20-23(26(24)19-22)16-14-12-10-8-6-4-2;/h17-21H,3-16H2,1-2H3,(H,27,28,29);/q;+1/p-1. The van der Waals surface area contributed by atoms with Gasteiger partial charge in [0.2, 0.25) is 0 Å². The third-order valence-corrected chi connectivity index (χ3v) is 6.80. The van der Waals surface area contributed by atoms with Crippen LogP contribution in [0.5, 0.6) is 0 Å². The second-order valence-corrected chi connectivity index (χ2v) is 10.0. The molecule has 2 aromatic rings. The maximum Gasteiger partial charge on any atom is 1.00 e. The van der Waals surface area contributed by atoms with Crippen LogP contribution in [0.4, 0.5) is 0 Å². The molecule has 0 heterocycles. The van der Waals surface area contributed by atoms with Crippen molar-refractivity contribution < 1.29 is 42.5 Å². The summed E-state index contributed by atoms with van der Waals surface area (Å²) in [6.45, 7) is 4.45. The van der Waals surface area contributed by atoms with E-state index in [9.17, 15) is 13.0 Å². The smallest absolute Gasteiger partial charge is 0.744 e. The fraction of sp³-hybridized carbons (Fsp3) is 0.615. The molecule has 2 rings (SSSR count). The van der Waals surface area contributed by atoms with Gasteiger partial charge >= 0.3 is 29.6 Å². The Morgan fingerprint density at radius 1 is 0.710 bits per heavy atom. The van der Waals surface area contributed by atoms with E-state index in [1.807, 2.05) is 6.07 Å². The average Bonchev–Trinajstić information content (AvgIpc) is 2.72. The van der Waals surface area contributed by atoms with Gasteiger partial charge in [0.15, 0.2) is 0 Å².